The molecule has 4 saturated heterocycles. The van der Waals surface area contributed by atoms with Crippen LogP contribution in [-0.2, 0) is 0 Å². The van der Waals surface area contributed by atoms with Crippen LogP contribution in [0.5, 0.6) is 0 Å². The number of piperidine rings is 1. The van der Waals surface area contributed by atoms with E-state index < -0.39 is 0 Å². The Hall–Kier alpha value is -0.160. The summed E-state index contributed by atoms with van der Waals surface area (Å²) in [5, 5.41) is 0. The van der Waals surface area contributed by atoms with Gasteiger partial charge in [-0.15, -0.1) is 0 Å². The first kappa shape index (κ1) is 48.6. The second kappa shape index (κ2) is 35.9. The lowest BCUT2D eigenvalue weighted by atomic mass is 10.1. The molecule has 0 saturated carbocycles. The summed E-state index contributed by atoms with van der Waals surface area (Å²) in [7, 11) is 0. The van der Waals surface area contributed by atoms with Crippen molar-refractivity contribution in [2.24, 2.45) is 0 Å². The molecule has 4 nitrogen and oxygen atoms in total. The SMILES string of the molecule is C.CC.CC.CC.CC.CC(C)N1CC1.CC(C)N1CCC1.CC(C)N1CCCC1.CC(C)N1CCCCC1. The molecule has 0 atom stereocenters. The lowest BCUT2D eigenvalue weighted by Crippen LogP contribution is -2.41. The number of likely N-dealkylation sites (tertiary alicyclic amines) is 3. The molecular weight excluding hydrogens is 476 g/mol. The van der Waals surface area contributed by atoms with Gasteiger partial charge in [-0.05, 0) is 127 Å². The molecule has 0 aromatic carbocycles. The number of hydrogen-bond donors (Lipinski definition) is 0. The standard InChI is InChI=1S/C8H17N.C7H15N.C6H13N.C5H11N.4C2H6.CH4/c1-8(2)9-6-4-3-5-7-9;1-7(2)8-5-3-4-6-8;1-6(2)7-4-3-5-7;1-5(2)6-3-4-6;4*1-2;/h8H,3-7H2,1-2H3;7H,3-6H2,1-2H3;6H,3-5H2,1-2H3;5H,3-4H2,1-2H3;4*1-2H3;1H4. The highest BCUT2D eigenvalue weighted by atomic mass is 15.3. The summed E-state index contributed by atoms with van der Waals surface area (Å²) in [5.74, 6) is 0. The zero-order valence-electron chi connectivity index (χ0n) is 30.0. The Bertz CT molecular complexity index is 389. The van der Waals surface area contributed by atoms with Crippen molar-refractivity contribution in [2.45, 2.75) is 181 Å². The maximum atomic E-state index is 2.56. The first-order valence-corrected chi connectivity index (χ1v) is 17.2. The zero-order valence-corrected chi connectivity index (χ0v) is 30.0. The van der Waals surface area contributed by atoms with Crippen molar-refractivity contribution in [3.63, 3.8) is 0 Å². The summed E-state index contributed by atoms with van der Waals surface area (Å²) in [6.07, 6.45) is 8.52. The normalized spacial score (nSPS) is 18.2. The van der Waals surface area contributed by atoms with Crippen LogP contribution in [0.15, 0.2) is 0 Å². The van der Waals surface area contributed by atoms with Crippen molar-refractivity contribution in [3.05, 3.63) is 0 Å². The van der Waals surface area contributed by atoms with Crippen LogP contribution in [-0.4, -0.2) is 96.1 Å². The zero-order chi connectivity index (χ0) is 30.5. The second-order valence-corrected chi connectivity index (χ2v) is 10.6. The van der Waals surface area contributed by atoms with E-state index in [4.69, 9.17) is 0 Å². The fourth-order valence-corrected chi connectivity index (χ4v) is 4.12. The minimum Gasteiger partial charge on any atom is -0.301 e. The molecule has 4 aliphatic heterocycles. The van der Waals surface area contributed by atoms with E-state index in [1.165, 1.54) is 90.9 Å². The molecule has 39 heavy (non-hydrogen) atoms. The molecule has 4 aliphatic rings. The van der Waals surface area contributed by atoms with Gasteiger partial charge in [0.2, 0.25) is 0 Å². The third-order valence-corrected chi connectivity index (χ3v) is 6.82. The monoisotopic (exact) mass is 561 g/mol. The number of hydrogen-bond acceptors (Lipinski definition) is 4. The van der Waals surface area contributed by atoms with Gasteiger partial charge in [0.05, 0.1) is 0 Å². The van der Waals surface area contributed by atoms with E-state index >= 15 is 0 Å². The van der Waals surface area contributed by atoms with Crippen LogP contribution in [0.3, 0.4) is 0 Å². The summed E-state index contributed by atoms with van der Waals surface area (Å²) in [5.41, 5.74) is 0. The van der Waals surface area contributed by atoms with E-state index in [0.717, 1.165) is 24.2 Å². The van der Waals surface area contributed by atoms with Gasteiger partial charge in [-0.1, -0.05) is 69.2 Å². The third-order valence-electron chi connectivity index (χ3n) is 6.82. The van der Waals surface area contributed by atoms with Gasteiger partial charge in [0.25, 0.3) is 0 Å². The van der Waals surface area contributed by atoms with Gasteiger partial charge in [-0.3, -0.25) is 4.90 Å². The minimum atomic E-state index is 0. The molecule has 4 rings (SSSR count). The molecule has 0 aliphatic carbocycles. The van der Waals surface area contributed by atoms with Crippen LogP contribution >= 0.6 is 0 Å². The Kier molecular flexibility index (Phi) is 44.7. The Morgan fingerprint density at radius 3 is 0.564 bits per heavy atom. The average Bonchev–Trinajstić information content (AvgIpc) is 3.63. The predicted octanol–water partition coefficient (Wildman–Crippen LogP) is 9.92. The molecule has 0 radical (unpaired) electrons. The highest BCUT2D eigenvalue weighted by Crippen LogP contribution is 2.11. The summed E-state index contributed by atoms with van der Waals surface area (Å²) >= 11 is 0. The molecule has 0 amide bonds. The van der Waals surface area contributed by atoms with Gasteiger partial charge in [0.15, 0.2) is 0 Å². The molecule has 0 aromatic rings. The van der Waals surface area contributed by atoms with Crippen molar-refractivity contribution in [1.29, 1.82) is 0 Å². The predicted molar refractivity (Wildman–Crippen MR) is 187 cm³/mol. The molecule has 4 heterocycles. The molecule has 0 bridgehead atoms. The fraction of sp³-hybridized carbons (Fsp3) is 1.00. The molecule has 0 N–H and O–H groups in total. The maximum absolute atomic E-state index is 2.56. The maximum Gasteiger partial charge on any atom is 0.0113 e. The Morgan fingerprint density at radius 2 is 0.462 bits per heavy atom. The van der Waals surface area contributed by atoms with Gasteiger partial charge in [0, 0.05) is 37.3 Å². The Morgan fingerprint density at radius 1 is 0.282 bits per heavy atom. The van der Waals surface area contributed by atoms with Crippen molar-refractivity contribution >= 4 is 0 Å². The highest BCUT2D eigenvalue weighted by molar-refractivity contribution is 4.75. The van der Waals surface area contributed by atoms with Crippen LogP contribution in [0.4, 0.5) is 0 Å². The summed E-state index contributed by atoms with van der Waals surface area (Å²) in [6.45, 7) is 44.7. The van der Waals surface area contributed by atoms with Crippen molar-refractivity contribution < 1.29 is 0 Å². The molecule has 0 unspecified atom stereocenters. The van der Waals surface area contributed by atoms with Crippen molar-refractivity contribution in [1.82, 2.24) is 19.6 Å². The molecule has 4 heteroatoms. The van der Waals surface area contributed by atoms with Crippen molar-refractivity contribution in [3.8, 4) is 0 Å². The van der Waals surface area contributed by atoms with Gasteiger partial charge < -0.3 is 14.7 Å². The smallest absolute Gasteiger partial charge is 0.0113 e. The number of nitrogens with zero attached hydrogens (tertiary/aromatic N) is 4. The topological polar surface area (TPSA) is 12.7 Å². The van der Waals surface area contributed by atoms with Crippen LogP contribution in [0, 0.1) is 0 Å². The molecule has 244 valence electrons. The van der Waals surface area contributed by atoms with Crippen LogP contribution in [0.2, 0.25) is 0 Å². The van der Waals surface area contributed by atoms with E-state index in [-0.39, 0.29) is 7.43 Å². The number of rotatable bonds is 4. The molecular formula is C35H84N4. The minimum absolute atomic E-state index is 0. The first-order chi connectivity index (χ1) is 18.2. The Labute approximate surface area is 252 Å². The second-order valence-electron chi connectivity index (χ2n) is 10.6. The van der Waals surface area contributed by atoms with Gasteiger partial charge >= 0.3 is 0 Å². The highest BCUT2D eigenvalue weighted by Gasteiger charge is 2.19. The Balaban J connectivity index is -0.000000121. The lowest BCUT2D eigenvalue weighted by molar-refractivity contribution is 0.138. The summed E-state index contributed by atoms with van der Waals surface area (Å²) in [6, 6.07) is 3.13. The van der Waals surface area contributed by atoms with Crippen molar-refractivity contribution in [2.75, 3.05) is 52.4 Å². The first-order valence-electron chi connectivity index (χ1n) is 17.2. The van der Waals surface area contributed by atoms with E-state index in [0.29, 0.717) is 0 Å². The molecule has 0 spiro atoms. The lowest BCUT2D eigenvalue weighted by Gasteiger charge is -2.34. The van der Waals surface area contributed by atoms with Gasteiger partial charge in [-0.2, -0.15) is 0 Å². The van der Waals surface area contributed by atoms with E-state index in [1.54, 1.807) is 0 Å². The quantitative estimate of drug-likeness (QED) is 0.317. The largest absolute Gasteiger partial charge is 0.301 e. The van der Waals surface area contributed by atoms with E-state index in [9.17, 15) is 0 Å². The van der Waals surface area contributed by atoms with E-state index in [1.807, 2.05) is 55.4 Å². The third kappa shape index (κ3) is 30.6. The fourth-order valence-electron chi connectivity index (χ4n) is 4.12. The van der Waals surface area contributed by atoms with Gasteiger partial charge in [-0.25, -0.2) is 0 Å². The molecule has 4 fully saturated rings. The average molecular weight is 561 g/mol. The summed E-state index contributed by atoms with van der Waals surface area (Å²) < 4.78 is 0. The van der Waals surface area contributed by atoms with Crippen LogP contribution in [0.1, 0.15) is 157 Å². The summed E-state index contributed by atoms with van der Waals surface area (Å²) in [4.78, 5) is 9.98. The van der Waals surface area contributed by atoms with E-state index in [2.05, 4.69) is 75.0 Å². The van der Waals surface area contributed by atoms with Crippen LogP contribution < -0.4 is 0 Å². The molecule has 0 aromatic heterocycles. The van der Waals surface area contributed by atoms with Gasteiger partial charge in [0.1, 0.15) is 0 Å². The van der Waals surface area contributed by atoms with Crippen LogP contribution in [0.25, 0.3) is 0 Å².